The Hall–Kier alpha value is -3.11. The molecule has 0 bridgehead atoms. The molecule has 2 aliphatic rings. The fourth-order valence-corrected chi connectivity index (χ4v) is 4.61. The van der Waals surface area contributed by atoms with Gasteiger partial charge in [-0.05, 0) is 18.2 Å². The molecule has 0 aliphatic carbocycles. The van der Waals surface area contributed by atoms with Gasteiger partial charge < -0.3 is 14.7 Å². The van der Waals surface area contributed by atoms with Crippen LogP contribution in [0.2, 0.25) is 4.34 Å². The first-order valence-corrected chi connectivity index (χ1v) is 10.1. The second-order valence-electron chi connectivity index (χ2n) is 6.91. The Labute approximate surface area is 180 Å². The van der Waals surface area contributed by atoms with Gasteiger partial charge in [0, 0.05) is 12.6 Å². The summed E-state index contributed by atoms with van der Waals surface area (Å²) in [5.74, 6) is -0.827. The first-order valence-electron chi connectivity index (χ1n) is 8.92. The van der Waals surface area contributed by atoms with Gasteiger partial charge in [0.05, 0.1) is 35.1 Å². The summed E-state index contributed by atoms with van der Waals surface area (Å²) in [4.78, 5) is 51.9. The van der Waals surface area contributed by atoms with Crippen molar-refractivity contribution in [1.29, 1.82) is 0 Å². The van der Waals surface area contributed by atoms with E-state index in [-0.39, 0.29) is 19.6 Å². The number of amides is 4. The smallest absolute Gasteiger partial charge is 0.415 e. The molecule has 1 saturated heterocycles. The highest BCUT2D eigenvalue weighted by Gasteiger charge is 2.41. The number of carbonyl (C=O) groups excluding carboxylic acids is 3. The van der Waals surface area contributed by atoms with Crippen LogP contribution in [0, 0.1) is 0 Å². The molecule has 0 radical (unpaired) electrons. The van der Waals surface area contributed by atoms with E-state index in [1.54, 1.807) is 30.3 Å². The predicted octanol–water partition coefficient (Wildman–Crippen LogP) is 3.13. The number of thiophene rings is 1. The van der Waals surface area contributed by atoms with Gasteiger partial charge in [0.15, 0.2) is 0 Å². The molecule has 1 aromatic carbocycles. The zero-order chi connectivity index (χ0) is 21.6. The summed E-state index contributed by atoms with van der Waals surface area (Å²) in [5, 5.41) is 9.52. The number of carbonyl (C=O) groups is 4. The predicted molar refractivity (Wildman–Crippen MR) is 108 cm³/mol. The number of hydrogen-bond donors (Lipinski definition) is 1. The number of cyclic esters (lactones) is 1. The van der Waals surface area contributed by atoms with Crippen LogP contribution in [0.5, 0.6) is 0 Å². The Balaban J connectivity index is 1.46. The molecule has 2 aliphatic heterocycles. The van der Waals surface area contributed by atoms with Crippen LogP contribution in [0.3, 0.4) is 0 Å². The van der Waals surface area contributed by atoms with E-state index < -0.39 is 30.1 Å². The molecular formula is C19H16ClN3O6S. The van der Waals surface area contributed by atoms with Crippen LogP contribution in [-0.4, -0.2) is 65.1 Å². The highest BCUT2D eigenvalue weighted by Crippen LogP contribution is 2.37. The van der Waals surface area contributed by atoms with Gasteiger partial charge in [-0.15, -0.1) is 11.3 Å². The monoisotopic (exact) mass is 449 g/mol. The molecule has 4 rings (SSSR count). The number of hydrogen-bond acceptors (Lipinski definition) is 6. The number of halogens is 1. The maximum Gasteiger partial charge on any atom is 0.415 e. The van der Waals surface area contributed by atoms with Crippen LogP contribution < -0.4 is 4.90 Å². The number of rotatable bonds is 5. The third-order valence-electron chi connectivity index (χ3n) is 4.88. The van der Waals surface area contributed by atoms with Gasteiger partial charge in [0.2, 0.25) is 0 Å². The van der Waals surface area contributed by atoms with E-state index >= 15 is 0 Å². The molecule has 1 N–H and O–H groups in total. The molecule has 0 unspecified atom stereocenters. The molecule has 2 aromatic rings. The van der Waals surface area contributed by atoms with Crippen molar-refractivity contribution in [2.45, 2.75) is 12.6 Å². The van der Waals surface area contributed by atoms with Crippen LogP contribution in [0.1, 0.15) is 26.3 Å². The van der Waals surface area contributed by atoms with Gasteiger partial charge in [-0.2, -0.15) is 0 Å². The van der Waals surface area contributed by atoms with E-state index in [2.05, 4.69) is 0 Å². The summed E-state index contributed by atoms with van der Waals surface area (Å²) in [6.07, 6.45) is -2.40. The first kappa shape index (κ1) is 20.2. The van der Waals surface area contributed by atoms with Crippen molar-refractivity contribution in [3.63, 3.8) is 0 Å². The minimum Gasteiger partial charge on any atom is -0.465 e. The molecule has 1 aromatic heterocycles. The molecule has 1 atom stereocenters. The average Bonchev–Trinajstić information content (AvgIpc) is 3.33. The van der Waals surface area contributed by atoms with E-state index in [0.29, 0.717) is 26.0 Å². The summed E-state index contributed by atoms with van der Waals surface area (Å²) < 4.78 is 5.72. The van der Waals surface area contributed by atoms with Gasteiger partial charge in [0.1, 0.15) is 11.1 Å². The standard InChI is InChI=1S/C19H16ClN3O6S/c1-21(18(26)27)7-10-6-14(30-15(10)20)22-8-11(29-19(22)28)9-23-16(24)12-4-2-3-5-13(12)17(23)25/h2-6,11H,7-9H2,1H3,(H,26,27)/t11-/m1/s1. The number of imide groups is 1. The van der Waals surface area contributed by atoms with Crippen LogP contribution >= 0.6 is 22.9 Å². The minimum atomic E-state index is -1.10. The van der Waals surface area contributed by atoms with E-state index in [9.17, 15) is 19.2 Å². The Kier molecular flexibility index (Phi) is 5.12. The summed E-state index contributed by atoms with van der Waals surface area (Å²) in [6.45, 7) is 0.158. The Morgan fingerprint density at radius 3 is 2.50 bits per heavy atom. The molecule has 0 saturated carbocycles. The Bertz CT molecular complexity index is 1040. The number of fused-ring (bicyclic) bond motifs is 1. The van der Waals surface area contributed by atoms with Gasteiger partial charge in [-0.1, -0.05) is 23.7 Å². The molecule has 3 heterocycles. The molecular weight excluding hydrogens is 434 g/mol. The molecule has 30 heavy (non-hydrogen) atoms. The van der Waals surface area contributed by atoms with Crippen molar-refractivity contribution in [3.8, 4) is 0 Å². The van der Waals surface area contributed by atoms with Crippen molar-refractivity contribution in [2.24, 2.45) is 0 Å². The summed E-state index contributed by atoms with van der Waals surface area (Å²) in [5.41, 5.74) is 1.24. The molecule has 9 nitrogen and oxygen atoms in total. The summed E-state index contributed by atoms with van der Waals surface area (Å²) in [7, 11) is 1.41. The second kappa shape index (κ2) is 7.62. The lowest BCUT2D eigenvalue weighted by Crippen LogP contribution is -2.38. The number of carboxylic acid groups (broad SMARTS) is 1. The summed E-state index contributed by atoms with van der Waals surface area (Å²) in [6, 6.07) is 8.19. The highest BCUT2D eigenvalue weighted by atomic mass is 35.5. The largest absolute Gasteiger partial charge is 0.465 e. The van der Waals surface area contributed by atoms with Crippen LogP contribution in [0.25, 0.3) is 0 Å². The van der Waals surface area contributed by atoms with E-state index in [4.69, 9.17) is 21.4 Å². The number of ether oxygens (including phenoxy) is 1. The van der Waals surface area contributed by atoms with Gasteiger partial charge in [-0.25, -0.2) is 9.59 Å². The molecule has 11 heteroatoms. The Morgan fingerprint density at radius 2 is 1.90 bits per heavy atom. The van der Waals surface area contributed by atoms with Crippen LogP contribution in [0.15, 0.2) is 30.3 Å². The normalized spacial score (nSPS) is 18.1. The number of anilines is 1. The molecule has 0 spiro atoms. The van der Waals surface area contributed by atoms with Crippen molar-refractivity contribution in [2.75, 3.05) is 25.0 Å². The lowest BCUT2D eigenvalue weighted by Gasteiger charge is -2.17. The maximum atomic E-state index is 12.5. The van der Waals surface area contributed by atoms with E-state index in [0.717, 1.165) is 21.1 Å². The average molecular weight is 450 g/mol. The van der Waals surface area contributed by atoms with Crippen molar-refractivity contribution < 1.29 is 29.0 Å². The van der Waals surface area contributed by atoms with E-state index in [1.807, 2.05) is 0 Å². The van der Waals surface area contributed by atoms with Crippen molar-refractivity contribution >= 4 is 51.9 Å². The van der Waals surface area contributed by atoms with Crippen LogP contribution in [-0.2, 0) is 11.3 Å². The SMILES string of the molecule is CN(Cc1cc(N2C[C@H](CN3C(=O)c4ccccc4C3=O)OC2=O)sc1Cl)C(=O)O. The van der Waals surface area contributed by atoms with Crippen molar-refractivity contribution in [1.82, 2.24) is 9.80 Å². The zero-order valence-corrected chi connectivity index (χ0v) is 17.3. The molecule has 156 valence electrons. The Morgan fingerprint density at radius 1 is 1.27 bits per heavy atom. The van der Waals surface area contributed by atoms with Crippen molar-refractivity contribution in [3.05, 3.63) is 51.4 Å². The molecule has 1 fully saturated rings. The van der Waals surface area contributed by atoms with Gasteiger partial charge in [-0.3, -0.25) is 19.4 Å². The number of benzene rings is 1. The lowest BCUT2D eigenvalue weighted by molar-refractivity contribution is 0.0558. The summed E-state index contributed by atoms with van der Waals surface area (Å²) >= 11 is 7.33. The minimum absolute atomic E-state index is 0.0533. The fraction of sp³-hybridized carbons (Fsp3) is 0.263. The lowest BCUT2D eigenvalue weighted by atomic mass is 10.1. The van der Waals surface area contributed by atoms with E-state index in [1.165, 1.54) is 11.9 Å². The molecule has 4 amide bonds. The quantitative estimate of drug-likeness (QED) is 0.702. The van der Waals surface area contributed by atoms with Gasteiger partial charge >= 0.3 is 12.2 Å². The second-order valence-corrected chi connectivity index (χ2v) is 8.54. The number of nitrogens with zero attached hydrogens (tertiary/aromatic N) is 3. The zero-order valence-electron chi connectivity index (χ0n) is 15.7. The van der Waals surface area contributed by atoms with Crippen LogP contribution in [0.4, 0.5) is 14.6 Å². The third kappa shape index (κ3) is 3.48. The maximum absolute atomic E-state index is 12.5. The topological polar surface area (TPSA) is 107 Å². The first-order chi connectivity index (χ1) is 14.3. The fourth-order valence-electron chi connectivity index (χ4n) is 3.36. The third-order valence-corrected chi connectivity index (χ3v) is 6.35. The van der Waals surface area contributed by atoms with Gasteiger partial charge in [0.25, 0.3) is 11.8 Å². The highest BCUT2D eigenvalue weighted by molar-refractivity contribution is 7.20.